The molecule has 0 spiro atoms. The lowest BCUT2D eigenvalue weighted by molar-refractivity contribution is -0.384. The number of nitrogens with one attached hydrogen (secondary N) is 1. The number of para-hydroxylation sites is 1. The number of unbranched alkanes of at least 4 members (excludes halogenated alkanes) is 1. The van der Waals surface area contributed by atoms with Crippen LogP contribution in [-0.2, 0) is 11.3 Å². The summed E-state index contributed by atoms with van der Waals surface area (Å²) in [6.07, 6.45) is 5.52. The number of non-ortho nitro benzene ring substituents is 1. The highest BCUT2D eigenvalue weighted by atomic mass is 32.2. The van der Waals surface area contributed by atoms with Crippen LogP contribution in [0.5, 0.6) is 0 Å². The van der Waals surface area contributed by atoms with Crippen LogP contribution in [0.4, 0.5) is 5.69 Å². The maximum Gasteiger partial charge on any atom is 0.269 e. The quantitative estimate of drug-likeness (QED) is 0.139. The number of nitro groups is 1. The summed E-state index contributed by atoms with van der Waals surface area (Å²) in [5, 5.41) is 23.4. The van der Waals surface area contributed by atoms with Gasteiger partial charge in [0.2, 0.25) is 5.91 Å². The molecule has 0 aliphatic heterocycles. The molecule has 2 heterocycles. The number of carbonyl (C=O) groups excluding carboxylic acids is 1. The van der Waals surface area contributed by atoms with Crippen molar-refractivity contribution in [2.45, 2.75) is 31.0 Å². The van der Waals surface area contributed by atoms with Gasteiger partial charge in [-0.05, 0) is 48.7 Å². The van der Waals surface area contributed by atoms with Gasteiger partial charge in [-0.15, -0.1) is 10.2 Å². The van der Waals surface area contributed by atoms with E-state index in [2.05, 4.69) is 20.5 Å². The van der Waals surface area contributed by atoms with Gasteiger partial charge in [0.25, 0.3) is 5.69 Å². The molecule has 1 N–H and O–H groups in total. The molecule has 35 heavy (non-hydrogen) atoms. The van der Waals surface area contributed by atoms with E-state index in [0.29, 0.717) is 18.8 Å². The van der Waals surface area contributed by atoms with Crippen LogP contribution in [0, 0.1) is 10.1 Å². The molecule has 0 atom stereocenters. The minimum atomic E-state index is -0.424. The molecule has 0 unspecified atom stereocenters. The lowest BCUT2D eigenvalue weighted by Gasteiger charge is -2.10. The Bertz CT molecular complexity index is 1260. The number of hydrogen-bond acceptors (Lipinski definition) is 7. The predicted molar refractivity (Wildman–Crippen MR) is 134 cm³/mol. The Balaban J connectivity index is 1.36. The summed E-state index contributed by atoms with van der Waals surface area (Å²) >= 11 is 1.57. The van der Waals surface area contributed by atoms with Crippen molar-refractivity contribution in [1.29, 1.82) is 0 Å². The van der Waals surface area contributed by atoms with Gasteiger partial charge in [-0.25, -0.2) is 0 Å². The number of carbonyl (C=O) groups is 1. The molecule has 178 valence electrons. The molecular formula is C25H24N6O3S. The number of benzene rings is 2. The summed E-state index contributed by atoms with van der Waals surface area (Å²) in [5.74, 6) is 1.41. The second-order valence-electron chi connectivity index (χ2n) is 7.72. The fourth-order valence-corrected chi connectivity index (χ4v) is 4.39. The first-order chi connectivity index (χ1) is 17.1. The normalized spacial score (nSPS) is 10.7. The maximum absolute atomic E-state index is 12.1. The molecule has 0 fully saturated rings. The van der Waals surface area contributed by atoms with Crippen LogP contribution in [0.2, 0.25) is 0 Å². The highest BCUT2D eigenvalue weighted by molar-refractivity contribution is 7.99. The number of pyridine rings is 1. The first kappa shape index (κ1) is 24.1. The predicted octanol–water partition coefficient (Wildman–Crippen LogP) is 4.82. The molecule has 4 rings (SSSR count). The summed E-state index contributed by atoms with van der Waals surface area (Å²) in [7, 11) is 0. The van der Waals surface area contributed by atoms with Crippen LogP contribution >= 0.6 is 11.8 Å². The van der Waals surface area contributed by atoms with E-state index in [1.165, 1.54) is 12.1 Å². The molecule has 2 aromatic heterocycles. The summed E-state index contributed by atoms with van der Waals surface area (Å²) < 4.78 is 1.95. The van der Waals surface area contributed by atoms with Crippen molar-refractivity contribution >= 4 is 23.4 Å². The number of hydrogen-bond donors (Lipinski definition) is 1. The lowest BCUT2D eigenvalue weighted by atomic mass is 10.2. The van der Waals surface area contributed by atoms with Gasteiger partial charge in [0.1, 0.15) is 0 Å². The number of nitro benzene ring substituents is 1. The summed E-state index contributed by atoms with van der Waals surface area (Å²) in [4.78, 5) is 26.7. The van der Waals surface area contributed by atoms with E-state index < -0.39 is 4.92 Å². The average Bonchev–Trinajstić information content (AvgIpc) is 3.32. The van der Waals surface area contributed by atoms with Gasteiger partial charge >= 0.3 is 0 Å². The van der Waals surface area contributed by atoms with Crippen molar-refractivity contribution in [2.75, 3.05) is 5.75 Å². The third-order valence-electron chi connectivity index (χ3n) is 5.23. The van der Waals surface area contributed by atoms with Gasteiger partial charge in [-0.1, -0.05) is 36.0 Å². The molecule has 10 heteroatoms. The standard InChI is InChI=1S/C25H24N6O3S/c32-23(27-18-19-7-6-15-26-17-19)10-4-5-16-35-25-29-28-24(30(25)21-8-2-1-3-9-21)20-11-13-22(14-12-20)31(33)34/h1-3,6-9,11-15,17H,4-5,10,16,18H2,(H,27,32). The fourth-order valence-electron chi connectivity index (χ4n) is 3.44. The first-order valence-corrected chi connectivity index (χ1v) is 12.1. The zero-order valence-corrected chi connectivity index (χ0v) is 19.7. The Kier molecular flexibility index (Phi) is 8.18. The van der Waals surface area contributed by atoms with Gasteiger partial charge in [0.15, 0.2) is 11.0 Å². The van der Waals surface area contributed by atoms with Crippen molar-refractivity contribution in [3.05, 3.63) is 94.8 Å². The van der Waals surface area contributed by atoms with Gasteiger partial charge < -0.3 is 5.32 Å². The van der Waals surface area contributed by atoms with E-state index in [1.807, 2.05) is 47.0 Å². The Labute approximate surface area is 206 Å². The molecule has 4 aromatic rings. The van der Waals surface area contributed by atoms with E-state index in [4.69, 9.17) is 0 Å². The van der Waals surface area contributed by atoms with Gasteiger partial charge in [0, 0.05) is 54.5 Å². The zero-order chi connectivity index (χ0) is 24.5. The molecule has 0 saturated carbocycles. The summed E-state index contributed by atoms with van der Waals surface area (Å²) in [6.45, 7) is 0.479. The van der Waals surface area contributed by atoms with Crippen molar-refractivity contribution in [1.82, 2.24) is 25.1 Å². The molecule has 0 radical (unpaired) electrons. The van der Waals surface area contributed by atoms with Gasteiger partial charge in [-0.3, -0.25) is 24.5 Å². The highest BCUT2D eigenvalue weighted by Gasteiger charge is 2.17. The van der Waals surface area contributed by atoms with Crippen molar-refractivity contribution < 1.29 is 9.72 Å². The Morgan fingerprint density at radius 3 is 2.51 bits per heavy atom. The molecular weight excluding hydrogens is 464 g/mol. The van der Waals surface area contributed by atoms with Gasteiger partial charge in [0.05, 0.1) is 4.92 Å². The third-order valence-corrected chi connectivity index (χ3v) is 6.24. The van der Waals surface area contributed by atoms with Gasteiger partial charge in [-0.2, -0.15) is 0 Å². The number of rotatable bonds is 11. The van der Waals surface area contributed by atoms with E-state index in [-0.39, 0.29) is 11.6 Å². The molecule has 1 amide bonds. The SMILES string of the molecule is O=C(CCCCSc1nnc(-c2ccc([N+](=O)[O-])cc2)n1-c1ccccc1)NCc1cccnc1. The minimum Gasteiger partial charge on any atom is -0.352 e. The van der Waals surface area contributed by atoms with E-state index >= 15 is 0 Å². The smallest absolute Gasteiger partial charge is 0.269 e. The number of aromatic nitrogens is 4. The molecule has 2 aromatic carbocycles. The first-order valence-electron chi connectivity index (χ1n) is 11.2. The lowest BCUT2D eigenvalue weighted by Crippen LogP contribution is -2.22. The Morgan fingerprint density at radius 1 is 1.00 bits per heavy atom. The Morgan fingerprint density at radius 2 is 1.80 bits per heavy atom. The van der Waals surface area contributed by atoms with Crippen LogP contribution in [0.3, 0.4) is 0 Å². The topological polar surface area (TPSA) is 116 Å². The maximum atomic E-state index is 12.1. The fraction of sp³-hybridized carbons (Fsp3) is 0.200. The van der Waals surface area contributed by atoms with E-state index in [1.54, 1.807) is 36.3 Å². The second-order valence-corrected chi connectivity index (χ2v) is 8.79. The van der Waals surface area contributed by atoms with E-state index in [9.17, 15) is 14.9 Å². The van der Waals surface area contributed by atoms with E-state index in [0.717, 1.165) is 40.6 Å². The molecule has 0 saturated heterocycles. The van der Waals surface area contributed by atoms with Crippen LogP contribution < -0.4 is 5.32 Å². The molecule has 9 nitrogen and oxygen atoms in total. The molecule has 0 bridgehead atoms. The van der Waals surface area contributed by atoms with Crippen LogP contribution in [0.25, 0.3) is 17.1 Å². The van der Waals surface area contributed by atoms with Crippen LogP contribution in [0.1, 0.15) is 24.8 Å². The van der Waals surface area contributed by atoms with Crippen molar-refractivity contribution in [3.8, 4) is 17.1 Å². The number of nitrogens with zero attached hydrogens (tertiary/aromatic N) is 5. The monoisotopic (exact) mass is 488 g/mol. The number of amides is 1. The van der Waals surface area contributed by atoms with Crippen LogP contribution in [-0.4, -0.2) is 36.3 Å². The highest BCUT2D eigenvalue weighted by Crippen LogP contribution is 2.29. The number of thioether (sulfide) groups is 1. The van der Waals surface area contributed by atoms with Crippen molar-refractivity contribution in [3.63, 3.8) is 0 Å². The second kappa shape index (κ2) is 11.9. The third kappa shape index (κ3) is 6.51. The van der Waals surface area contributed by atoms with Crippen molar-refractivity contribution in [2.24, 2.45) is 0 Å². The molecule has 0 aliphatic rings. The zero-order valence-electron chi connectivity index (χ0n) is 18.9. The average molecular weight is 489 g/mol. The molecule has 0 aliphatic carbocycles. The Hall–Kier alpha value is -4.05. The van der Waals surface area contributed by atoms with Crippen LogP contribution in [0.15, 0.2) is 84.3 Å². The summed E-state index contributed by atoms with van der Waals surface area (Å²) in [6, 6.07) is 19.8. The largest absolute Gasteiger partial charge is 0.352 e. The summed E-state index contributed by atoms with van der Waals surface area (Å²) in [5.41, 5.74) is 2.64. The minimum absolute atomic E-state index is 0.0202.